The first-order chi connectivity index (χ1) is 24.2. The normalized spacial score (nSPS) is 11.1. The van der Waals surface area contributed by atoms with Crippen molar-refractivity contribution >= 4 is 55.4 Å². The molecule has 53 heavy (non-hydrogen) atoms. The maximum absolute atomic E-state index is 5.84. The summed E-state index contributed by atoms with van der Waals surface area (Å²) in [5, 5.41) is 1.57. The van der Waals surface area contributed by atoms with E-state index >= 15 is 0 Å². The molecule has 0 saturated heterocycles. The molecule has 0 radical (unpaired) electrons. The predicted molar refractivity (Wildman–Crippen MR) is 236 cm³/mol. The molecule has 7 rings (SSSR count). The predicted octanol–water partition coefficient (Wildman–Crippen LogP) is 14.3. The van der Waals surface area contributed by atoms with Crippen LogP contribution >= 0.6 is 48.0 Å². The van der Waals surface area contributed by atoms with E-state index in [0.29, 0.717) is 0 Å². The Morgan fingerprint density at radius 2 is 1.17 bits per heavy atom. The molecular formula is C48H50Cl4Zr-2. The zero-order valence-corrected chi connectivity index (χ0v) is 37.6. The monoisotopic (exact) mass is 856 g/mol. The Morgan fingerprint density at radius 1 is 0.623 bits per heavy atom. The fraction of sp³-hybridized carbons (Fsp3) is 0.229. The van der Waals surface area contributed by atoms with E-state index in [1.54, 1.807) is 0 Å². The van der Waals surface area contributed by atoms with Crippen LogP contribution in [0.15, 0.2) is 121 Å². The van der Waals surface area contributed by atoms with Gasteiger partial charge in [-0.05, 0) is 28.4 Å². The minimum absolute atomic E-state index is 0. The maximum atomic E-state index is 5.84. The van der Waals surface area contributed by atoms with Crippen LogP contribution in [0.2, 0.25) is 10.0 Å². The van der Waals surface area contributed by atoms with Crippen molar-refractivity contribution < 1.29 is 22.3 Å². The zero-order valence-electron chi connectivity index (χ0n) is 32.0. The molecule has 0 N–H and O–H groups in total. The van der Waals surface area contributed by atoms with E-state index in [9.17, 15) is 0 Å². The molecule has 1 aliphatic carbocycles. The molecule has 6 aromatic rings. The van der Waals surface area contributed by atoms with Crippen LogP contribution < -0.4 is 0 Å². The van der Waals surface area contributed by atoms with Gasteiger partial charge in [0.25, 0.3) is 0 Å². The number of rotatable bonds is 3. The first-order valence-electron chi connectivity index (χ1n) is 17.6. The molecular weight excluding hydrogens is 810 g/mol. The molecule has 0 fully saturated rings. The standard InChI is InChI=1S/C21H25.C13H13.2C7H5Cl.2ClH.Zr/c1-20(2,3)16-7-9-18-14(12-16)11-15-13-17(21(4,5)6)8-10-19(15)18;1-10-8-11(2)13(9-10)12-6-4-3-5-7-12;2*1-6-2-4-7(8)5-3-6;;;/h7-10,12H,11H2,1-6H3;3-9H,1-2H3;2*1-5H;2*1H;/q2*-1;;;;;. The number of aryl methyl sites for hydroxylation is 2. The molecule has 0 atom stereocenters. The summed E-state index contributed by atoms with van der Waals surface area (Å²) in [5.74, 6) is 0. The van der Waals surface area contributed by atoms with Gasteiger partial charge in [-0.1, -0.05) is 115 Å². The van der Waals surface area contributed by atoms with Crippen LogP contribution in [0, 0.1) is 19.9 Å². The molecule has 0 nitrogen and oxygen atoms in total. The molecule has 6 aromatic carbocycles. The summed E-state index contributed by atoms with van der Waals surface area (Å²) in [7, 11) is 0. The van der Waals surface area contributed by atoms with Crippen molar-refractivity contribution in [3.05, 3.63) is 182 Å². The summed E-state index contributed by atoms with van der Waals surface area (Å²) >= 11 is 11.0. The molecule has 0 aromatic heterocycles. The van der Waals surface area contributed by atoms with E-state index in [0.717, 1.165) is 16.5 Å². The molecule has 276 valence electrons. The Morgan fingerprint density at radius 3 is 1.66 bits per heavy atom. The Labute approximate surface area is 351 Å². The number of fused-ring (bicyclic) bond motifs is 3. The fourth-order valence-corrected chi connectivity index (χ4v) is 8.46. The second-order valence-corrected chi connectivity index (χ2v) is 18.5. The van der Waals surface area contributed by atoms with Crippen molar-refractivity contribution in [1.29, 1.82) is 0 Å². The average molecular weight is 860 g/mol. The number of halogens is 4. The van der Waals surface area contributed by atoms with E-state index in [-0.39, 0.29) is 35.6 Å². The van der Waals surface area contributed by atoms with Gasteiger partial charge in [-0.3, -0.25) is 0 Å². The molecule has 0 heterocycles. The van der Waals surface area contributed by atoms with E-state index in [1.807, 2.05) is 24.3 Å². The Hall–Kier alpha value is -2.77. The second kappa shape index (κ2) is 19.7. The van der Waals surface area contributed by atoms with Crippen LogP contribution in [0.1, 0.15) is 86.1 Å². The van der Waals surface area contributed by atoms with Crippen molar-refractivity contribution in [2.24, 2.45) is 0 Å². The second-order valence-electron chi connectivity index (χ2n) is 15.4. The molecule has 0 saturated carbocycles. The van der Waals surface area contributed by atoms with Gasteiger partial charge >= 0.3 is 123 Å². The van der Waals surface area contributed by atoms with E-state index < -0.39 is 22.3 Å². The van der Waals surface area contributed by atoms with Gasteiger partial charge < -0.3 is 0 Å². The van der Waals surface area contributed by atoms with Gasteiger partial charge in [0.15, 0.2) is 0 Å². The van der Waals surface area contributed by atoms with Gasteiger partial charge in [-0.2, -0.15) is 46.5 Å². The van der Waals surface area contributed by atoms with Crippen LogP contribution in [0.4, 0.5) is 0 Å². The van der Waals surface area contributed by atoms with Crippen LogP contribution in [0.3, 0.4) is 0 Å². The van der Waals surface area contributed by atoms with Gasteiger partial charge in [0, 0.05) is 0 Å². The van der Waals surface area contributed by atoms with E-state index in [2.05, 4.69) is 166 Å². The van der Waals surface area contributed by atoms with Gasteiger partial charge in [-0.25, -0.2) is 6.07 Å². The third-order valence-electron chi connectivity index (χ3n) is 9.03. The quantitative estimate of drug-likeness (QED) is 0.155. The summed E-state index contributed by atoms with van der Waals surface area (Å²) < 4.78 is 4.66. The SMILES string of the molecule is CC(C)(C)c1[c-]c2c(cc1)-c1ccc(C(C)(C)C)cc1C2.Cc1cc(-c2ccccc2)c(C)[cH-]1.Cl.Cl.Clc1ccc([CH]=[Zr]=[CH]c2ccc(Cl)cc2)cc1. The van der Waals surface area contributed by atoms with E-state index in [1.165, 1.54) is 66.8 Å². The van der Waals surface area contributed by atoms with Crippen molar-refractivity contribution in [3.63, 3.8) is 0 Å². The van der Waals surface area contributed by atoms with Crippen LogP contribution in [0.5, 0.6) is 0 Å². The molecule has 0 bridgehead atoms. The summed E-state index contributed by atoms with van der Waals surface area (Å²) in [4.78, 5) is 0. The Balaban J connectivity index is 0.000000216. The van der Waals surface area contributed by atoms with Gasteiger partial charge in [0.05, 0.1) is 0 Å². The zero-order chi connectivity index (χ0) is 36.8. The number of benzene rings is 5. The van der Waals surface area contributed by atoms with E-state index in [4.69, 9.17) is 23.2 Å². The summed E-state index contributed by atoms with van der Waals surface area (Å²) in [6.07, 6.45) is 1.03. The summed E-state index contributed by atoms with van der Waals surface area (Å²) in [6, 6.07) is 46.1. The minimum atomic E-state index is -0.623. The van der Waals surface area contributed by atoms with Gasteiger partial charge in [0.2, 0.25) is 0 Å². The topological polar surface area (TPSA) is 0 Å². The Bertz CT molecular complexity index is 2030. The number of hydrogen-bond acceptors (Lipinski definition) is 0. The van der Waals surface area contributed by atoms with Gasteiger partial charge in [-0.15, -0.1) is 35.9 Å². The van der Waals surface area contributed by atoms with Crippen LogP contribution in [-0.4, -0.2) is 7.42 Å². The molecule has 0 aliphatic heterocycles. The van der Waals surface area contributed by atoms with Crippen molar-refractivity contribution in [1.82, 2.24) is 0 Å². The van der Waals surface area contributed by atoms with Gasteiger partial charge in [0.1, 0.15) is 0 Å². The van der Waals surface area contributed by atoms with Crippen LogP contribution in [-0.2, 0) is 39.5 Å². The molecule has 0 amide bonds. The first-order valence-corrected chi connectivity index (χ1v) is 21.2. The third kappa shape index (κ3) is 12.6. The summed E-state index contributed by atoms with van der Waals surface area (Å²) in [5.41, 5.74) is 16.6. The summed E-state index contributed by atoms with van der Waals surface area (Å²) in [6.45, 7) is 17.9. The average Bonchev–Trinajstić information content (AvgIpc) is 3.64. The van der Waals surface area contributed by atoms with Crippen LogP contribution in [0.25, 0.3) is 22.3 Å². The Kier molecular flexibility index (Phi) is 16.6. The fourth-order valence-electron chi connectivity index (χ4n) is 6.11. The number of hydrogen-bond donors (Lipinski definition) is 0. The first kappa shape index (κ1) is 44.6. The molecule has 1 aliphatic rings. The molecule has 0 unspecified atom stereocenters. The van der Waals surface area contributed by atoms with Crippen molar-refractivity contribution in [3.8, 4) is 22.3 Å². The molecule has 0 spiro atoms. The van der Waals surface area contributed by atoms with Crippen molar-refractivity contribution in [2.75, 3.05) is 0 Å². The van der Waals surface area contributed by atoms with Crippen molar-refractivity contribution in [2.45, 2.75) is 72.6 Å². The molecule has 5 heteroatoms. The third-order valence-corrected chi connectivity index (χ3v) is 12.0.